The number of hydrazone groups is 1. The number of aryl methyl sites for hydroxylation is 1. The van der Waals surface area contributed by atoms with Gasteiger partial charge in [-0.25, -0.2) is 5.01 Å². The van der Waals surface area contributed by atoms with Crippen LogP contribution in [0.25, 0.3) is 0 Å². The summed E-state index contributed by atoms with van der Waals surface area (Å²) in [5.74, 6) is 1.27. The molecule has 0 N–H and O–H groups in total. The quantitative estimate of drug-likeness (QED) is 0.599. The molecular formula is C25H24N2O3. The van der Waals surface area contributed by atoms with Gasteiger partial charge in [-0.15, -0.1) is 0 Å². The van der Waals surface area contributed by atoms with Gasteiger partial charge in [-0.3, -0.25) is 4.79 Å². The predicted octanol–water partition coefficient (Wildman–Crippen LogP) is 4.76. The second kappa shape index (κ2) is 8.82. The Bertz CT molecular complexity index is 1030. The number of carbonyl (C=O) groups is 1. The Labute approximate surface area is 176 Å². The number of ether oxygens (including phenoxy) is 2. The van der Waals surface area contributed by atoms with E-state index < -0.39 is 0 Å². The van der Waals surface area contributed by atoms with E-state index in [4.69, 9.17) is 9.47 Å². The third-order valence-electron chi connectivity index (χ3n) is 5.16. The number of hydrogen-bond donors (Lipinski definition) is 0. The Balaban J connectivity index is 1.56. The molecule has 1 aliphatic heterocycles. The molecule has 3 aromatic carbocycles. The van der Waals surface area contributed by atoms with E-state index in [0.717, 1.165) is 28.2 Å². The summed E-state index contributed by atoms with van der Waals surface area (Å²) >= 11 is 0. The molecule has 0 bridgehead atoms. The Kier molecular flexibility index (Phi) is 5.80. The van der Waals surface area contributed by atoms with E-state index in [-0.39, 0.29) is 18.6 Å². The molecule has 5 nitrogen and oxygen atoms in total. The van der Waals surface area contributed by atoms with Crippen LogP contribution in [0, 0.1) is 6.92 Å². The van der Waals surface area contributed by atoms with E-state index in [1.165, 1.54) is 0 Å². The highest BCUT2D eigenvalue weighted by Crippen LogP contribution is 2.33. The number of hydrogen-bond acceptors (Lipinski definition) is 4. The molecule has 1 aliphatic rings. The smallest absolute Gasteiger partial charge is 0.281 e. The van der Waals surface area contributed by atoms with Gasteiger partial charge in [0, 0.05) is 6.42 Å². The minimum Gasteiger partial charge on any atom is -0.497 e. The molecule has 0 aromatic heterocycles. The summed E-state index contributed by atoms with van der Waals surface area (Å²) in [6, 6.07) is 25.2. The summed E-state index contributed by atoms with van der Waals surface area (Å²) < 4.78 is 11.0. The van der Waals surface area contributed by atoms with Crippen LogP contribution >= 0.6 is 0 Å². The molecule has 30 heavy (non-hydrogen) atoms. The van der Waals surface area contributed by atoms with Crippen molar-refractivity contribution in [2.45, 2.75) is 19.4 Å². The van der Waals surface area contributed by atoms with E-state index in [1.54, 1.807) is 12.1 Å². The molecule has 0 aliphatic carbocycles. The van der Waals surface area contributed by atoms with Gasteiger partial charge in [-0.2, -0.15) is 5.10 Å². The highest BCUT2D eigenvalue weighted by Gasteiger charge is 2.33. The van der Waals surface area contributed by atoms with E-state index in [0.29, 0.717) is 12.2 Å². The first-order valence-electron chi connectivity index (χ1n) is 9.92. The molecule has 0 fully saturated rings. The molecule has 0 radical (unpaired) electrons. The lowest BCUT2D eigenvalue weighted by Gasteiger charge is -2.22. The molecule has 0 saturated heterocycles. The number of nitrogens with zero attached hydrogens (tertiary/aromatic N) is 2. The molecule has 4 rings (SSSR count). The van der Waals surface area contributed by atoms with Crippen molar-refractivity contribution in [3.8, 4) is 11.5 Å². The lowest BCUT2D eigenvalue weighted by Crippen LogP contribution is -2.31. The van der Waals surface area contributed by atoms with Crippen LogP contribution in [-0.4, -0.2) is 30.3 Å². The van der Waals surface area contributed by atoms with Crippen LogP contribution in [-0.2, 0) is 4.79 Å². The van der Waals surface area contributed by atoms with Crippen molar-refractivity contribution in [2.75, 3.05) is 13.7 Å². The van der Waals surface area contributed by atoms with Crippen LogP contribution in [0.4, 0.5) is 0 Å². The molecule has 1 atom stereocenters. The molecule has 0 unspecified atom stereocenters. The average Bonchev–Trinajstić information content (AvgIpc) is 3.25. The highest BCUT2D eigenvalue weighted by atomic mass is 16.5. The molecule has 152 valence electrons. The van der Waals surface area contributed by atoms with Crippen molar-refractivity contribution < 1.29 is 14.3 Å². The van der Waals surface area contributed by atoms with Gasteiger partial charge in [0.05, 0.1) is 18.9 Å². The lowest BCUT2D eigenvalue weighted by molar-refractivity contribution is -0.135. The number of carbonyl (C=O) groups excluding carboxylic acids is 1. The average molecular weight is 400 g/mol. The second-order valence-electron chi connectivity index (χ2n) is 7.25. The van der Waals surface area contributed by atoms with Crippen molar-refractivity contribution >= 4 is 11.6 Å². The minimum absolute atomic E-state index is 0.0682. The maximum Gasteiger partial charge on any atom is 0.281 e. The number of benzene rings is 3. The fraction of sp³-hybridized carbons (Fsp3) is 0.200. The molecule has 3 aromatic rings. The summed E-state index contributed by atoms with van der Waals surface area (Å²) in [5.41, 5.74) is 4.06. The van der Waals surface area contributed by atoms with Gasteiger partial charge in [0.25, 0.3) is 5.91 Å². The van der Waals surface area contributed by atoms with Crippen LogP contribution in [0.1, 0.15) is 29.2 Å². The van der Waals surface area contributed by atoms with Crippen molar-refractivity contribution in [1.29, 1.82) is 0 Å². The highest BCUT2D eigenvalue weighted by molar-refractivity contribution is 6.03. The molecule has 1 heterocycles. The SMILES string of the molecule is COc1ccc([C@H]2CC(c3ccccc3)=NN2C(=O)COc2ccc(C)cc2)cc1. The van der Waals surface area contributed by atoms with Gasteiger partial charge in [-0.1, -0.05) is 60.2 Å². The number of methoxy groups -OCH3 is 1. The van der Waals surface area contributed by atoms with Crippen LogP contribution in [0.2, 0.25) is 0 Å². The van der Waals surface area contributed by atoms with Crippen molar-refractivity contribution in [3.05, 3.63) is 95.6 Å². The lowest BCUT2D eigenvalue weighted by atomic mass is 9.98. The Hall–Kier alpha value is -3.60. The zero-order chi connectivity index (χ0) is 20.9. The van der Waals surface area contributed by atoms with Gasteiger partial charge >= 0.3 is 0 Å². The summed E-state index contributed by atoms with van der Waals surface area (Å²) in [6.45, 7) is 1.94. The van der Waals surface area contributed by atoms with Crippen LogP contribution < -0.4 is 9.47 Å². The predicted molar refractivity (Wildman–Crippen MR) is 117 cm³/mol. The van der Waals surface area contributed by atoms with Crippen LogP contribution in [0.3, 0.4) is 0 Å². The zero-order valence-electron chi connectivity index (χ0n) is 17.1. The van der Waals surface area contributed by atoms with E-state index in [2.05, 4.69) is 5.10 Å². The minimum atomic E-state index is -0.180. The summed E-state index contributed by atoms with van der Waals surface area (Å²) in [4.78, 5) is 13.0. The van der Waals surface area contributed by atoms with E-state index >= 15 is 0 Å². The zero-order valence-corrected chi connectivity index (χ0v) is 17.1. The standard InChI is InChI=1S/C25H24N2O3/c1-18-8-12-22(13-9-18)30-17-25(28)27-24(20-10-14-21(29-2)15-11-20)16-23(26-27)19-6-4-3-5-7-19/h3-15,24H,16-17H2,1-2H3/t24-/m1/s1. The van der Waals surface area contributed by atoms with Crippen LogP contribution in [0.15, 0.2) is 84.0 Å². The van der Waals surface area contributed by atoms with Crippen molar-refractivity contribution in [3.63, 3.8) is 0 Å². The summed E-state index contributed by atoms with van der Waals surface area (Å²) in [6.07, 6.45) is 0.645. The van der Waals surface area contributed by atoms with E-state index in [9.17, 15) is 4.79 Å². The van der Waals surface area contributed by atoms with E-state index in [1.807, 2.05) is 85.8 Å². The number of amides is 1. The van der Waals surface area contributed by atoms with Gasteiger partial charge < -0.3 is 9.47 Å². The van der Waals surface area contributed by atoms with Crippen molar-refractivity contribution in [2.24, 2.45) is 5.10 Å². The Morgan fingerprint density at radius 2 is 1.63 bits per heavy atom. The molecule has 0 spiro atoms. The maximum atomic E-state index is 13.0. The number of rotatable bonds is 6. The first-order valence-corrected chi connectivity index (χ1v) is 9.92. The topological polar surface area (TPSA) is 51.1 Å². The monoisotopic (exact) mass is 400 g/mol. The maximum absolute atomic E-state index is 13.0. The van der Waals surface area contributed by atoms with Gasteiger partial charge in [0.1, 0.15) is 11.5 Å². The van der Waals surface area contributed by atoms with Gasteiger partial charge in [-0.05, 0) is 42.3 Å². The fourth-order valence-corrected chi connectivity index (χ4v) is 3.48. The normalized spacial score (nSPS) is 15.6. The fourth-order valence-electron chi connectivity index (χ4n) is 3.48. The molecule has 5 heteroatoms. The Morgan fingerprint density at radius 1 is 0.967 bits per heavy atom. The van der Waals surface area contributed by atoms with Gasteiger partial charge in [0.2, 0.25) is 0 Å². The molecule has 1 amide bonds. The van der Waals surface area contributed by atoms with Crippen molar-refractivity contribution in [1.82, 2.24) is 5.01 Å². The first-order chi connectivity index (χ1) is 14.6. The Morgan fingerprint density at radius 3 is 2.30 bits per heavy atom. The summed E-state index contributed by atoms with van der Waals surface area (Å²) in [5, 5.41) is 6.23. The van der Waals surface area contributed by atoms with Crippen LogP contribution in [0.5, 0.6) is 11.5 Å². The van der Waals surface area contributed by atoms with Gasteiger partial charge in [0.15, 0.2) is 6.61 Å². The molecule has 0 saturated carbocycles. The summed E-state index contributed by atoms with van der Waals surface area (Å²) in [7, 11) is 1.64. The third kappa shape index (κ3) is 4.35. The third-order valence-corrected chi connectivity index (χ3v) is 5.16. The second-order valence-corrected chi connectivity index (χ2v) is 7.25. The molecular weight excluding hydrogens is 376 g/mol. The largest absolute Gasteiger partial charge is 0.497 e. The first kappa shape index (κ1) is 19.7.